The number of amides is 3. The molecule has 2 aromatic carbocycles. The average molecular weight is 408 g/mol. The Morgan fingerprint density at radius 1 is 1.13 bits per heavy atom. The van der Waals surface area contributed by atoms with E-state index in [0.29, 0.717) is 38.2 Å². The van der Waals surface area contributed by atoms with E-state index in [2.05, 4.69) is 10.6 Å². The molecule has 2 aliphatic heterocycles. The standard InChI is InChI=1S/C22H24N4O4/c23-9-10-30-17-4-2-16(3-5-17)24-12-14-1-6-18-15(11-14)13-26(22(18)29)19-7-8-20(27)25-21(19)28/h1-6,11,19,24H,7-10,12-13,23H2,(H,25,27,28). The molecule has 0 aliphatic carbocycles. The van der Waals surface area contributed by atoms with Crippen LogP contribution in [0.2, 0.25) is 0 Å². The molecule has 0 spiro atoms. The van der Waals surface area contributed by atoms with Crippen molar-refractivity contribution in [2.24, 2.45) is 5.73 Å². The average Bonchev–Trinajstić information content (AvgIpc) is 3.07. The Hall–Kier alpha value is -3.39. The van der Waals surface area contributed by atoms with Gasteiger partial charge in [-0.05, 0) is 47.9 Å². The summed E-state index contributed by atoms with van der Waals surface area (Å²) in [6.45, 7) is 1.93. The highest BCUT2D eigenvalue weighted by atomic mass is 16.5. The number of carbonyl (C=O) groups is 3. The second-order valence-corrected chi connectivity index (χ2v) is 7.41. The molecule has 0 aromatic heterocycles. The van der Waals surface area contributed by atoms with Crippen molar-refractivity contribution >= 4 is 23.4 Å². The van der Waals surface area contributed by atoms with E-state index in [1.54, 1.807) is 4.90 Å². The number of nitrogens with two attached hydrogens (primary N) is 1. The number of nitrogens with zero attached hydrogens (tertiary/aromatic N) is 1. The van der Waals surface area contributed by atoms with Crippen LogP contribution >= 0.6 is 0 Å². The molecule has 0 bridgehead atoms. The normalized spacial score (nSPS) is 18.2. The van der Waals surface area contributed by atoms with Gasteiger partial charge in [0.25, 0.3) is 5.91 Å². The molecule has 8 heteroatoms. The van der Waals surface area contributed by atoms with E-state index in [1.807, 2.05) is 42.5 Å². The third kappa shape index (κ3) is 4.13. The van der Waals surface area contributed by atoms with E-state index in [0.717, 1.165) is 22.6 Å². The summed E-state index contributed by atoms with van der Waals surface area (Å²) in [5, 5.41) is 5.67. The van der Waals surface area contributed by atoms with Crippen LogP contribution in [0.15, 0.2) is 42.5 Å². The highest BCUT2D eigenvalue weighted by Gasteiger charge is 2.38. The van der Waals surface area contributed by atoms with Crippen LogP contribution in [0.4, 0.5) is 5.69 Å². The zero-order valence-corrected chi connectivity index (χ0v) is 16.5. The van der Waals surface area contributed by atoms with Gasteiger partial charge < -0.3 is 20.7 Å². The fourth-order valence-electron chi connectivity index (χ4n) is 3.79. The van der Waals surface area contributed by atoms with Crippen molar-refractivity contribution in [3.63, 3.8) is 0 Å². The van der Waals surface area contributed by atoms with Crippen molar-refractivity contribution in [2.45, 2.75) is 32.0 Å². The summed E-state index contributed by atoms with van der Waals surface area (Å²) in [5.41, 5.74) is 8.94. The number of anilines is 1. The molecular formula is C22H24N4O4. The summed E-state index contributed by atoms with van der Waals surface area (Å²) >= 11 is 0. The van der Waals surface area contributed by atoms with Crippen molar-refractivity contribution in [3.05, 3.63) is 59.2 Å². The number of hydrogen-bond donors (Lipinski definition) is 3. The van der Waals surface area contributed by atoms with Gasteiger partial charge in [0.2, 0.25) is 11.8 Å². The van der Waals surface area contributed by atoms with E-state index >= 15 is 0 Å². The highest BCUT2D eigenvalue weighted by molar-refractivity contribution is 6.05. The van der Waals surface area contributed by atoms with Crippen molar-refractivity contribution in [3.8, 4) is 5.75 Å². The molecule has 0 radical (unpaired) electrons. The molecule has 1 atom stereocenters. The van der Waals surface area contributed by atoms with Gasteiger partial charge in [0.1, 0.15) is 18.4 Å². The minimum atomic E-state index is -0.593. The molecule has 2 aromatic rings. The van der Waals surface area contributed by atoms with Gasteiger partial charge in [-0.2, -0.15) is 0 Å². The molecule has 3 amide bonds. The number of hydrogen-bond acceptors (Lipinski definition) is 6. The highest BCUT2D eigenvalue weighted by Crippen LogP contribution is 2.28. The number of rotatable bonds is 7. The predicted octanol–water partition coefficient (Wildman–Crippen LogP) is 1.40. The maximum absolute atomic E-state index is 12.7. The van der Waals surface area contributed by atoms with Crippen LogP contribution < -0.4 is 21.1 Å². The molecule has 1 saturated heterocycles. The third-order valence-corrected chi connectivity index (χ3v) is 5.33. The Morgan fingerprint density at radius 3 is 2.67 bits per heavy atom. The lowest BCUT2D eigenvalue weighted by molar-refractivity contribution is -0.136. The fourth-order valence-corrected chi connectivity index (χ4v) is 3.79. The van der Waals surface area contributed by atoms with Crippen LogP contribution in [0.25, 0.3) is 0 Å². The van der Waals surface area contributed by atoms with Gasteiger partial charge in [-0.3, -0.25) is 19.7 Å². The van der Waals surface area contributed by atoms with Crippen LogP contribution in [0, 0.1) is 0 Å². The summed E-state index contributed by atoms with van der Waals surface area (Å²) in [6.07, 6.45) is 0.617. The van der Waals surface area contributed by atoms with E-state index < -0.39 is 11.9 Å². The number of ether oxygens (including phenoxy) is 1. The summed E-state index contributed by atoms with van der Waals surface area (Å²) in [7, 11) is 0. The van der Waals surface area contributed by atoms with Crippen LogP contribution in [0.1, 0.15) is 34.3 Å². The van der Waals surface area contributed by atoms with Gasteiger partial charge in [-0.1, -0.05) is 12.1 Å². The van der Waals surface area contributed by atoms with Crippen LogP contribution in [-0.2, 0) is 22.7 Å². The number of carbonyl (C=O) groups excluding carboxylic acids is 3. The number of fused-ring (bicyclic) bond motifs is 1. The molecule has 4 N–H and O–H groups in total. The molecular weight excluding hydrogens is 384 g/mol. The largest absolute Gasteiger partial charge is 0.492 e. The SMILES string of the molecule is NCCOc1ccc(NCc2ccc3c(c2)CN(C2CCC(=O)NC2=O)C3=O)cc1. The molecule has 8 nitrogen and oxygen atoms in total. The van der Waals surface area contributed by atoms with Crippen molar-refractivity contribution < 1.29 is 19.1 Å². The van der Waals surface area contributed by atoms with Crippen molar-refractivity contribution in [1.82, 2.24) is 10.2 Å². The van der Waals surface area contributed by atoms with Gasteiger partial charge in [-0.15, -0.1) is 0 Å². The first kappa shape index (κ1) is 19.9. The van der Waals surface area contributed by atoms with Crippen LogP contribution in [0.3, 0.4) is 0 Å². The summed E-state index contributed by atoms with van der Waals surface area (Å²) < 4.78 is 5.47. The quantitative estimate of drug-likeness (QED) is 0.597. The molecule has 1 fully saturated rings. The summed E-state index contributed by atoms with van der Waals surface area (Å²) in [5.74, 6) is -0.0661. The first-order valence-corrected chi connectivity index (χ1v) is 9.98. The fraction of sp³-hybridized carbons (Fsp3) is 0.318. The number of benzene rings is 2. The molecule has 0 saturated carbocycles. The zero-order chi connectivity index (χ0) is 21.1. The second-order valence-electron chi connectivity index (χ2n) is 7.41. The van der Waals surface area contributed by atoms with Gasteiger partial charge in [0.15, 0.2) is 0 Å². The maximum atomic E-state index is 12.7. The smallest absolute Gasteiger partial charge is 0.255 e. The molecule has 1 unspecified atom stereocenters. The Kier molecular flexibility index (Phi) is 5.67. The number of piperidine rings is 1. The van der Waals surface area contributed by atoms with Crippen molar-refractivity contribution in [2.75, 3.05) is 18.5 Å². The Bertz CT molecular complexity index is 974. The van der Waals surface area contributed by atoms with E-state index in [-0.39, 0.29) is 18.2 Å². The van der Waals surface area contributed by atoms with Crippen molar-refractivity contribution in [1.29, 1.82) is 0 Å². The van der Waals surface area contributed by atoms with Gasteiger partial charge >= 0.3 is 0 Å². The maximum Gasteiger partial charge on any atom is 0.255 e. The van der Waals surface area contributed by atoms with Gasteiger partial charge in [-0.25, -0.2) is 0 Å². The van der Waals surface area contributed by atoms with Gasteiger partial charge in [0.05, 0.1) is 0 Å². The zero-order valence-electron chi connectivity index (χ0n) is 16.5. The first-order valence-electron chi connectivity index (χ1n) is 9.98. The minimum Gasteiger partial charge on any atom is -0.492 e. The van der Waals surface area contributed by atoms with Crippen LogP contribution in [-0.4, -0.2) is 41.8 Å². The first-order chi connectivity index (χ1) is 14.5. The lowest BCUT2D eigenvalue weighted by atomic mass is 10.0. The molecule has 156 valence electrons. The minimum absolute atomic E-state index is 0.160. The van der Waals surface area contributed by atoms with Crippen LogP contribution in [0.5, 0.6) is 5.75 Å². The van der Waals surface area contributed by atoms with E-state index in [1.165, 1.54) is 0 Å². The Labute approximate surface area is 174 Å². The van der Waals surface area contributed by atoms with Gasteiger partial charge in [0, 0.05) is 37.3 Å². The molecule has 2 heterocycles. The lowest BCUT2D eigenvalue weighted by Gasteiger charge is -2.29. The third-order valence-electron chi connectivity index (χ3n) is 5.33. The topological polar surface area (TPSA) is 114 Å². The second kappa shape index (κ2) is 8.54. The Balaban J connectivity index is 1.39. The molecule has 2 aliphatic rings. The number of nitrogens with one attached hydrogen (secondary N) is 2. The van der Waals surface area contributed by atoms with E-state index in [4.69, 9.17) is 10.5 Å². The lowest BCUT2D eigenvalue weighted by Crippen LogP contribution is -2.52. The number of imide groups is 1. The van der Waals surface area contributed by atoms with E-state index in [9.17, 15) is 14.4 Å². The summed E-state index contributed by atoms with van der Waals surface area (Å²) in [6, 6.07) is 12.8. The Morgan fingerprint density at radius 2 is 1.93 bits per heavy atom. The molecule has 30 heavy (non-hydrogen) atoms. The predicted molar refractivity (Wildman–Crippen MR) is 111 cm³/mol. The monoisotopic (exact) mass is 408 g/mol. The molecule has 4 rings (SSSR count). The summed E-state index contributed by atoms with van der Waals surface area (Å²) in [4.78, 5) is 37.8.